The van der Waals surface area contributed by atoms with Gasteiger partial charge in [-0.05, 0) is 31.6 Å². The van der Waals surface area contributed by atoms with E-state index in [-0.39, 0.29) is 24.9 Å². The molecule has 11 heteroatoms. The molecule has 0 radical (unpaired) electrons. The lowest BCUT2D eigenvalue weighted by atomic mass is 9.95. The quantitative estimate of drug-likeness (QED) is 0.789. The molecule has 8 nitrogen and oxygen atoms in total. The molecule has 0 saturated carbocycles. The van der Waals surface area contributed by atoms with Crippen LogP contribution in [0.15, 0.2) is 39.4 Å². The summed E-state index contributed by atoms with van der Waals surface area (Å²) in [6, 6.07) is 0.623. The monoisotopic (exact) mass is 434 g/mol. The van der Waals surface area contributed by atoms with Gasteiger partial charge in [-0.3, -0.25) is 9.80 Å². The van der Waals surface area contributed by atoms with Gasteiger partial charge >= 0.3 is 6.03 Å². The van der Waals surface area contributed by atoms with E-state index in [1.165, 1.54) is 19.1 Å². The highest BCUT2D eigenvalue weighted by molar-refractivity contribution is 6.17. The maximum absolute atomic E-state index is 14.0. The molecule has 2 unspecified atom stereocenters. The molecule has 1 aromatic rings. The number of fused-ring (bicyclic) bond motifs is 1. The van der Waals surface area contributed by atoms with Crippen LogP contribution in [0.1, 0.15) is 17.7 Å². The number of aryl methyl sites for hydroxylation is 2. The minimum Gasteiger partial charge on any atom is -0.481 e. The van der Waals surface area contributed by atoms with Crippen LogP contribution in [0.5, 0.6) is 5.88 Å². The zero-order chi connectivity index (χ0) is 22.4. The molecule has 1 aromatic heterocycles. The summed E-state index contributed by atoms with van der Waals surface area (Å²) in [5.41, 5.74) is 2.27. The number of methoxy groups -OCH3 is 1. The summed E-state index contributed by atoms with van der Waals surface area (Å²) in [7, 11) is 3.03. The molecule has 0 bridgehead atoms. The number of hydrogen-bond acceptors (Lipinski definition) is 6. The lowest BCUT2D eigenvalue weighted by Gasteiger charge is -2.36. The smallest absolute Gasteiger partial charge is 0.353 e. The number of hydrogen-bond donors (Lipinski definition) is 1. The third-order valence-electron chi connectivity index (χ3n) is 5.40. The fourth-order valence-electron chi connectivity index (χ4n) is 3.76. The van der Waals surface area contributed by atoms with Crippen molar-refractivity contribution >= 4 is 23.6 Å². The van der Waals surface area contributed by atoms with Crippen molar-refractivity contribution < 1.29 is 22.7 Å². The molecule has 2 amide bonds. The van der Waals surface area contributed by atoms with Crippen molar-refractivity contribution in [1.29, 1.82) is 0 Å². The van der Waals surface area contributed by atoms with Crippen LogP contribution in [0.25, 0.3) is 0 Å². The van der Waals surface area contributed by atoms with Crippen LogP contribution in [-0.2, 0) is 0 Å². The van der Waals surface area contributed by atoms with Crippen molar-refractivity contribution in [2.75, 3.05) is 26.0 Å². The number of ether oxygens (including phenoxy) is 1. The van der Waals surface area contributed by atoms with E-state index >= 15 is 0 Å². The maximum Gasteiger partial charge on any atom is 0.353 e. The normalized spacial score (nSPS) is 23.5. The molecule has 3 heterocycles. The fraction of sp³-hybridized carbons (Fsp3) is 0.400. The van der Waals surface area contributed by atoms with Gasteiger partial charge < -0.3 is 10.1 Å². The van der Waals surface area contributed by atoms with E-state index in [1.54, 1.807) is 17.9 Å². The van der Waals surface area contributed by atoms with Gasteiger partial charge in [-0.1, -0.05) is 0 Å². The number of rotatable bonds is 3. The summed E-state index contributed by atoms with van der Waals surface area (Å²) >= 11 is 0. The molecular formula is C20H21F3N6O2. The molecule has 0 saturated heterocycles. The fourth-order valence-corrected chi connectivity index (χ4v) is 3.76. The van der Waals surface area contributed by atoms with E-state index in [0.717, 1.165) is 11.6 Å². The number of nitrogens with zero attached hydrogens (tertiary/aromatic N) is 5. The summed E-state index contributed by atoms with van der Waals surface area (Å²) in [6.07, 6.45) is -1.37. The van der Waals surface area contributed by atoms with Crippen LogP contribution in [0.4, 0.5) is 23.7 Å². The van der Waals surface area contributed by atoms with Crippen LogP contribution in [0.3, 0.4) is 0 Å². The van der Waals surface area contributed by atoms with E-state index in [9.17, 15) is 18.0 Å². The van der Waals surface area contributed by atoms with Gasteiger partial charge in [0.15, 0.2) is 17.8 Å². The minimum absolute atomic E-state index is 0.139. The average molecular weight is 434 g/mol. The van der Waals surface area contributed by atoms with Gasteiger partial charge in [0.2, 0.25) is 17.8 Å². The van der Waals surface area contributed by atoms with Gasteiger partial charge in [0.05, 0.1) is 31.1 Å². The third-order valence-corrected chi connectivity index (χ3v) is 5.40. The Morgan fingerprint density at radius 3 is 2.71 bits per heavy atom. The van der Waals surface area contributed by atoms with Crippen LogP contribution in [0.2, 0.25) is 0 Å². The third kappa shape index (κ3) is 3.53. The molecule has 2 atom stereocenters. The van der Waals surface area contributed by atoms with Crippen molar-refractivity contribution in [3.8, 4) is 5.88 Å². The van der Waals surface area contributed by atoms with Gasteiger partial charge in [-0.2, -0.15) is 4.99 Å². The molecule has 31 heavy (non-hydrogen) atoms. The topological polar surface area (TPSA) is 82.4 Å². The molecule has 164 valence electrons. The molecule has 2 aliphatic heterocycles. The van der Waals surface area contributed by atoms with Crippen molar-refractivity contribution in [2.45, 2.75) is 32.5 Å². The van der Waals surface area contributed by atoms with E-state index in [0.29, 0.717) is 22.8 Å². The van der Waals surface area contributed by atoms with E-state index in [2.05, 4.69) is 20.3 Å². The van der Waals surface area contributed by atoms with Crippen LogP contribution < -0.4 is 10.1 Å². The lowest BCUT2D eigenvalue weighted by molar-refractivity contribution is 0.230. The zero-order valence-corrected chi connectivity index (χ0v) is 17.4. The van der Waals surface area contributed by atoms with E-state index in [1.807, 2.05) is 6.92 Å². The Morgan fingerprint density at radius 1 is 1.29 bits per heavy atom. The maximum atomic E-state index is 14.0. The summed E-state index contributed by atoms with van der Waals surface area (Å²) < 4.78 is 46.7. The average Bonchev–Trinajstić information content (AvgIpc) is 3.17. The first kappa shape index (κ1) is 20.9. The van der Waals surface area contributed by atoms with Crippen LogP contribution >= 0.6 is 0 Å². The van der Waals surface area contributed by atoms with Gasteiger partial charge in [0.25, 0.3) is 0 Å². The summed E-state index contributed by atoms with van der Waals surface area (Å²) in [6.45, 7) is 3.72. The first-order chi connectivity index (χ1) is 14.7. The second kappa shape index (κ2) is 7.71. The second-order valence-corrected chi connectivity index (χ2v) is 7.46. The van der Waals surface area contributed by atoms with Crippen molar-refractivity contribution in [1.82, 2.24) is 14.8 Å². The Bertz CT molecular complexity index is 1080. The first-order valence-corrected chi connectivity index (χ1v) is 9.60. The summed E-state index contributed by atoms with van der Waals surface area (Å²) in [5.74, 6) is -1.74. The predicted molar refractivity (Wildman–Crippen MR) is 109 cm³/mol. The van der Waals surface area contributed by atoms with E-state index < -0.39 is 29.9 Å². The van der Waals surface area contributed by atoms with Gasteiger partial charge in [0, 0.05) is 19.0 Å². The molecular weight excluding hydrogens is 413 g/mol. The highest BCUT2D eigenvalue weighted by Gasteiger charge is 2.42. The minimum atomic E-state index is -2.06. The SMILES string of the molecule is COc1nc(C)c(NC2=NC(=O)N(C)C3=NCC(C4=CC(F)=C(F)C(F)C4)N23)cc1C. The Hall–Kier alpha value is -3.37. The standard InChI is InChI=1S/C20H21F3N6O2/c1-9-5-14(10(2)25-17(9)31-4)26-18-27-20(30)28(3)19-24-8-15(29(18)19)11-6-12(21)16(23)13(22)7-11/h5-6,13,15H,7-8H2,1-4H3,(H,26,27,30). The molecule has 0 aromatic carbocycles. The predicted octanol–water partition coefficient (Wildman–Crippen LogP) is 3.40. The van der Waals surface area contributed by atoms with Crippen molar-refractivity contribution in [2.24, 2.45) is 9.98 Å². The number of anilines is 1. The number of halogens is 3. The Morgan fingerprint density at radius 2 is 2.03 bits per heavy atom. The number of guanidine groups is 2. The lowest BCUT2D eigenvalue weighted by Crippen LogP contribution is -2.56. The van der Waals surface area contributed by atoms with Gasteiger partial charge in [-0.15, -0.1) is 0 Å². The summed E-state index contributed by atoms with van der Waals surface area (Å²) in [5, 5.41) is 3.09. The number of allylic oxidation sites excluding steroid dienone is 3. The molecule has 1 aliphatic carbocycles. The highest BCUT2D eigenvalue weighted by Crippen LogP contribution is 2.35. The summed E-state index contributed by atoms with van der Waals surface area (Å²) in [4.78, 5) is 28.1. The number of carbonyl (C=O) groups is 1. The molecule has 0 spiro atoms. The largest absolute Gasteiger partial charge is 0.481 e. The Labute approximate surface area is 176 Å². The van der Waals surface area contributed by atoms with Gasteiger partial charge in [0.1, 0.15) is 0 Å². The number of nitrogens with one attached hydrogen (secondary N) is 1. The number of carbonyl (C=O) groups excluding carboxylic acids is 1. The molecule has 3 aliphatic rings. The zero-order valence-electron chi connectivity index (χ0n) is 17.4. The Kier molecular flexibility index (Phi) is 5.19. The molecule has 1 N–H and O–H groups in total. The number of aromatic nitrogens is 1. The van der Waals surface area contributed by atoms with Crippen LogP contribution in [-0.4, -0.2) is 65.6 Å². The first-order valence-electron chi connectivity index (χ1n) is 9.60. The number of amides is 2. The Balaban J connectivity index is 1.72. The second-order valence-electron chi connectivity index (χ2n) is 7.46. The van der Waals surface area contributed by atoms with Crippen molar-refractivity contribution in [3.05, 3.63) is 40.6 Å². The number of urea groups is 1. The highest BCUT2D eigenvalue weighted by atomic mass is 19.2. The molecule has 0 fully saturated rings. The van der Waals surface area contributed by atoms with Crippen molar-refractivity contribution in [3.63, 3.8) is 0 Å². The number of pyridine rings is 1. The van der Waals surface area contributed by atoms with Gasteiger partial charge in [-0.25, -0.2) is 27.9 Å². The number of alkyl halides is 1. The van der Waals surface area contributed by atoms with Crippen LogP contribution in [0, 0.1) is 13.8 Å². The van der Waals surface area contributed by atoms with E-state index in [4.69, 9.17) is 4.74 Å². The number of aliphatic imine (C=N–C) groups is 2. The molecule has 4 rings (SSSR count).